The lowest BCUT2D eigenvalue weighted by Gasteiger charge is -2.12. The molecule has 3 aromatic carbocycles. The zero-order valence-corrected chi connectivity index (χ0v) is 19.8. The van der Waals surface area contributed by atoms with E-state index in [1.54, 1.807) is 62.6 Å². The maximum atomic E-state index is 12.9. The molecule has 0 fully saturated rings. The number of rotatable bonds is 7. The van der Waals surface area contributed by atoms with Crippen molar-refractivity contribution in [2.75, 3.05) is 26.0 Å². The van der Waals surface area contributed by atoms with Gasteiger partial charge in [0.15, 0.2) is 12.3 Å². The van der Waals surface area contributed by atoms with E-state index < -0.39 is 18.5 Å². The fraction of sp³-hybridized carbons (Fsp3) is 0.148. The monoisotopic (exact) mass is 484 g/mol. The van der Waals surface area contributed by atoms with Gasteiger partial charge in [-0.2, -0.15) is 5.10 Å². The van der Waals surface area contributed by atoms with E-state index in [1.807, 2.05) is 30.3 Å². The van der Waals surface area contributed by atoms with Crippen LogP contribution in [0.25, 0.3) is 10.8 Å². The van der Waals surface area contributed by atoms with Gasteiger partial charge in [-0.25, -0.2) is 9.48 Å². The molecule has 4 aromatic rings. The molecule has 0 atom stereocenters. The second kappa shape index (κ2) is 10.6. The number of carbonyl (C=O) groups excluding carboxylic acids is 3. The van der Waals surface area contributed by atoms with E-state index in [9.17, 15) is 19.2 Å². The molecule has 1 aromatic heterocycles. The van der Waals surface area contributed by atoms with Crippen molar-refractivity contribution in [2.24, 2.45) is 0 Å². The van der Waals surface area contributed by atoms with Gasteiger partial charge >= 0.3 is 5.97 Å². The Kier molecular flexibility index (Phi) is 7.20. The lowest BCUT2D eigenvalue weighted by Crippen LogP contribution is -2.28. The summed E-state index contributed by atoms with van der Waals surface area (Å²) in [4.78, 5) is 51.6. The van der Waals surface area contributed by atoms with Gasteiger partial charge in [-0.15, -0.1) is 0 Å². The molecule has 0 bridgehead atoms. The van der Waals surface area contributed by atoms with Crippen LogP contribution in [0.5, 0.6) is 0 Å². The Bertz CT molecular complexity index is 1480. The van der Waals surface area contributed by atoms with Crippen molar-refractivity contribution < 1.29 is 19.1 Å². The number of nitrogens with zero attached hydrogens (tertiary/aromatic N) is 3. The number of aromatic nitrogens is 2. The Labute approximate surface area is 206 Å². The fourth-order valence-corrected chi connectivity index (χ4v) is 3.60. The van der Waals surface area contributed by atoms with Crippen molar-refractivity contribution in [3.05, 3.63) is 106 Å². The van der Waals surface area contributed by atoms with Crippen LogP contribution >= 0.6 is 0 Å². The van der Waals surface area contributed by atoms with Gasteiger partial charge in [-0.05, 0) is 35.9 Å². The molecule has 1 heterocycles. The van der Waals surface area contributed by atoms with Gasteiger partial charge in [-0.3, -0.25) is 14.4 Å². The minimum atomic E-state index is -0.824. The van der Waals surface area contributed by atoms with Gasteiger partial charge in [-0.1, -0.05) is 48.5 Å². The third kappa shape index (κ3) is 5.47. The summed E-state index contributed by atoms with van der Waals surface area (Å²) in [6.07, 6.45) is 0. The number of esters is 1. The van der Waals surface area contributed by atoms with E-state index >= 15 is 0 Å². The van der Waals surface area contributed by atoms with Gasteiger partial charge in [0.1, 0.15) is 0 Å². The average Bonchev–Trinajstić information content (AvgIpc) is 2.89. The van der Waals surface area contributed by atoms with Crippen LogP contribution in [0.1, 0.15) is 26.4 Å². The predicted molar refractivity (Wildman–Crippen MR) is 135 cm³/mol. The number of nitrogens with one attached hydrogen (secondary N) is 1. The quantitative estimate of drug-likeness (QED) is 0.404. The van der Waals surface area contributed by atoms with Crippen LogP contribution in [-0.2, 0) is 16.1 Å². The first-order valence-electron chi connectivity index (χ1n) is 11.2. The zero-order chi connectivity index (χ0) is 25.7. The van der Waals surface area contributed by atoms with E-state index in [0.717, 1.165) is 5.56 Å². The highest BCUT2D eigenvalue weighted by atomic mass is 16.5. The summed E-state index contributed by atoms with van der Waals surface area (Å²) in [5.74, 6) is -1.54. The average molecular weight is 485 g/mol. The van der Waals surface area contributed by atoms with E-state index in [2.05, 4.69) is 10.4 Å². The van der Waals surface area contributed by atoms with Crippen molar-refractivity contribution >= 4 is 34.2 Å². The molecule has 2 amide bonds. The standard InChI is InChI=1S/C27H24N4O5/c1-30(2)25(33)19-12-14-20(15-13-19)28-23(32)17-36-27(35)24-21-10-6-7-11-22(21)26(34)31(29-24)16-18-8-4-3-5-9-18/h3-15H,16-17H2,1-2H3,(H,28,32). The second-order valence-electron chi connectivity index (χ2n) is 8.24. The number of ether oxygens (including phenoxy) is 1. The highest BCUT2D eigenvalue weighted by molar-refractivity contribution is 6.03. The normalized spacial score (nSPS) is 10.6. The number of fused-ring (bicyclic) bond motifs is 1. The Morgan fingerprint density at radius 1 is 0.889 bits per heavy atom. The molecule has 0 aliphatic carbocycles. The summed E-state index contributed by atoms with van der Waals surface area (Å²) in [7, 11) is 3.30. The van der Waals surface area contributed by atoms with Crippen LogP contribution in [0.15, 0.2) is 83.7 Å². The lowest BCUT2D eigenvalue weighted by molar-refractivity contribution is -0.119. The highest BCUT2D eigenvalue weighted by Crippen LogP contribution is 2.15. The summed E-state index contributed by atoms with van der Waals surface area (Å²) < 4.78 is 6.43. The molecule has 0 spiro atoms. The molecule has 9 nitrogen and oxygen atoms in total. The molecule has 0 radical (unpaired) electrons. The third-order valence-electron chi connectivity index (χ3n) is 5.39. The minimum Gasteiger partial charge on any atom is -0.451 e. The Morgan fingerprint density at radius 3 is 2.19 bits per heavy atom. The number of amides is 2. The Morgan fingerprint density at radius 2 is 1.53 bits per heavy atom. The summed E-state index contributed by atoms with van der Waals surface area (Å²) in [5, 5.41) is 7.55. The first kappa shape index (κ1) is 24.3. The van der Waals surface area contributed by atoms with Crippen molar-refractivity contribution in [3.8, 4) is 0 Å². The SMILES string of the molecule is CN(C)C(=O)c1ccc(NC(=O)COC(=O)c2nn(Cc3ccccc3)c(=O)c3ccccc23)cc1. The molecule has 182 valence electrons. The van der Waals surface area contributed by atoms with Crippen molar-refractivity contribution in [1.82, 2.24) is 14.7 Å². The van der Waals surface area contributed by atoms with Crippen molar-refractivity contribution in [2.45, 2.75) is 6.54 Å². The largest absolute Gasteiger partial charge is 0.451 e. The van der Waals surface area contributed by atoms with Crippen LogP contribution in [0.3, 0.4) is 0 Å². The van der Waals surface area contributed by atoms with Crippen LogP contribution in [-0.4, -0.2) is 53.2 Å². The summed E-state index contributed by atoms with van der Waals surface area (Å²) >= 11 is 0. The molecule has 36 heavy (non-hydrogen) atoms. The Balaban J connectivity index is 1.48. The molecule has 1 N–H and O–H groups in total. The number of benzene rings is 3. The third-order valence-corrected chi connectivity index (χ3v) is 5.39. The summed E-state index contributed by atoms with van der Waals surface area (Å²) in [5.41, 5.74) is 1.39. The van der Waals surface area contributed by atoms with Gasteiger partial charge < -0.3 is 15.0 Å². The van der Waals surface area contributed by atoms with Gasteiger partial charge in [0, 0.05) is 30.7 Å². The van der Waals surface area contributed by atoms with Crippen LogP contribution in [0.4, 0.5) is 5.69 Å². The molecular weight excluding hydrogens is 460 g/mol. The Hall–Kier alpha value is -4.79. The number of hydrogen-bond acceptors (Lipinski definition) is 6. The van der Waals surface area contributed by atoms with E-state index in [0.29, 0.717) is 22.0 Å². The molecule has 0 saturated carbocycles. The topological polar surface area (TPSA) is 111 Å². The van der Waals surface area contributed by atoms with Gasteiger partial charge in [0.25, 0.3) is 17.4 Å². The number of carbonyl (C=O) groups is 3. The molecule has 0 saturated heterocycles. The molecule has 0 aliphatic heterocycles. The van der Waals surface area contributed by atoms with Gasteiger partial charge in [0.05, 0.1) is 11.9 Å². The smallest absolute Gasteiger partial charge is 0.359 e. The minimum absolute atomic E-state index is 0.0551. The lowest BCUT2D eigenvalue weighted by atomic mass is 10.1. The maximum absolute atomic E-state index is 12.9. The van der Waals surface area contributed by atoms with E-state index in [-0.39, 0.29) is 23.7 Å². The van der Waals surface area contributed by atoms with E-state index in [1.165, 1.54) is 9.58 Å². The van der Waals surface area contributed by atoms with Gasteiger partial charge in [0.2, 0.25) is 0 Å². The molecule has 0 aliphatic rings. The van der Waals surface area contributed by atoms with Crippen LogP contribution < -0.4 is 10.9 Å². The number of hydrogen-bond donors (Lipinski definition) is 1. The number of anilines is 1. The van der Waals surface area contributed by atoms with Crippen LogP contribution in [0, 0.1) is 0 Å². The maximum Gasteiger partial charge on any atom is 0.359 e. The molecule has 4 rings (SSSR count). The fourth-order valence-electron chi connectivity index (χ4n) is 3.60. The van der Waals surface area contributed by atoms with E-state index in [4.69, 9.17) is 4.74 Å². The van der Waals surface area contributed by atoms with Crippen molar-refractivity contribution in [1.29, 1.82) is 0 Å². The summed E-state index contributed by atoms with van der Waals surface area (Å²) in [6, 6.07) is 22.3. The molecule has 0 unspecified atom stereocenters. The molecule has 9 heteroatoms. The highest BCUT2D eigenvalue weighted by Gasteiger charge is 2.19. The first-order chi connectivity index (χ1) is 17.3. The zero-order valence-electron chi connectivity index (χ0n) is 19.8. The first-order valence-corrected chi connectivity index (χ1v) is 11.2. The summed E-state index contributed by atoms with van der Waals surface area (Å²) in [6.45, 7) is -0.372. The van der Waals surface area contributed by atoms with Crippen LogP contribution in [0.2, 0.25) is 0 Å². The van der Waals surface area contributed by atoms with Crippen molar-refractivity contribution in [3.63, 3.8) is 0 Å². The predicted octanol–water partition coefficient (Wildman–Crippen LogP) is 2.94. The second-order valence-corrected chi connectivity index (χ2v) is 8.24. The molecular formula is C27H24N4O5.